The summed E-state index contributed by atoms with van der Waals surface area (Å²) in [7, 11) is 0. The molecular weight excluding hydrogens is 262 g/mol. The van der Waals surface area contributed by atoms with Crippen molar-refractivity contribution < 1.29 is 4.79 Å². The van der Waals surface area contributed by atoms with Crippen molar-refractivity contribution in [3.05, 3.63) is 52.8 Å². The number of nitrogens with one attached hydrogen (secondary N) is 2. The number of carbonyl (C=O) groups excluding carboxylic acids is 1. The van der Waals surface area contributed by atoms with E-state index in [4.69, 9.17) is 0 Å². The van der Waals surface area contributed by atoms with Gasteiger partial charge in [-0.05, 0) is 63.6 Å². The number of carbonyl (C=O) groups is 1. The van der Waals surface area contributed by atoms with Gasteiger partial charge in [0.25, 0.3) is 5.91 Å². The van der Waals surface area contributed by atoms with Gasteiger partial charge in [-0.15, -0.1) is 0 Å². The average Bonchev–Trinajstić information content (AvgIpc) is 2.42. The van der Waals surface area contributed by atoms with Gasteiger partial charge in [0.05, 0.1) is 11.4 Å². The van der Waals surface area contributed by atoms with Gasteiger partial charge in [-0.3, -0.25) is 9.78 Å². The fourth-order valence-corrected chi connectivity index (χ4v) is 2.24. The van der Waals surface area contributed by atoms with E-state index in [1.165, 1.54) is 0 Å². The quantitative estimate of drug-likeness (QED) is 0.899. The maximum absolute atomic E-state index is 12.4. The van der Waals surface area contributed by atoms with E-state index in [2.05, 4.69) is 15.6 Å². The Kier molecular flexibility index (Phi) is 4.58. The minimum atomic E-state index is -0.107. The van der Waals surface area contributed by atoms with E-state index in [9.17, 15) is 4.79 Å². The second kappa shape index (κ2) is 6.39. The molecule has 2 aromatic rings. The zero-order valence-corrected chi connectivity index (χ0v) is 12.9. The highest BCUT2D eigenvalue weighted by atomic mass is 16.1. The average molecular weight is 283 g/mol. The Labute approximate surface area is 125 Å². The lowest BCUT2D eigenvalue weighted by atomic mass is 10.1. The van der Waals surface area contributed by atoms with Crippen LogP contribution in [0.5, 0.6) is 0 Å². The molecule has 4 heteroatoms. The summed E-state index contributed by atoms with van der Waals surface area (Å²) >= 11 is 0. The number of anilines is 2. The van der Waals surface area contributed by atoms with Crippen LogP contribution in [-0.2, 0) is 0 Å². The molecule has 110 valence electrons. The van der Waals surface area contributed by atoms with Crippen LogP contribution >= 0.6 is 0 Å². The fourth-order valence-electron chi connectivity index (χ4n) is 2.24. The number of hydrogen-bond acceptors (Lipinski definition) is 3. The van der Waals surface area contributed by atoms with Crippen LogP contribution in [0, 0.1) is 20.8 Å². The van der Waals surface area contributed by atoms with Gasteiger partial charge in [0.2, 0.25) is 0 Å². The Morgan fingerprint density at radius 1 is 1.14 bits per heavy atom. The molecular formula is C17H21N3O. The summed E-state index contributed by atoms with van der Waals surface area (Å²) < 4.78 is 0. The number of pyridine rings is 1. The van der Waals surface area contributed by atoms with Crippen molar-refractivity contribution in [2.24, 2.45) is 0 Å². The van der Waals surface area contributed by atoms with Gasteiger partial charge in [0, 0.05) is 23.5 Å². The first-order valence-electron chi connectivity index (χ1n) is 7.11. The van der Waals surface area contributed by atoms with E-state index in [0.717, 1.165) is 34.9 Å². The lowest BCUT2D eigenvalue weighted by molar-refractivity contribution is 0.102. The fraction of sp³-hybridized carbons (Fsp3) is 0.294. The smallest absolute Gasteiger partial charge is 0.255 e. The summed E-state index contributed by atoms with van der Waals surface area (Å²) in [6.07, 6.45) is 0. The highest BCUT2D eigenvalue weighted by Crippen LogP contribution is 2.18. The summed E-state index contributed by atoms with van der Waals surface area (Å²) in [5, 5.41) is 6.16. The standard InChI is InChI=1S/C17H21N3O/c1-5-18-14-7-8-15(11(2)10-14)17(21)20-16-9-6-12(3)19-13(16)4/h6-10,18H,5H2,1-4H3,(H,20,21). The molecule has 0 aliphatic rings. The van der Waals surface area contributed by atoms with Crippen LogP contribution in [0.15, 0.2) is 30.3 Å². The topological polar surface area (TPSA) is 54.0 Å². The monoisotopic (exact) mass is 283 g/mol. The number of aryl methyl sites for hydroxylation is 3. The first-order chi connectivity index (χ1) is 10.0. The number of benzene rings is 1. The van der Waals surface area contributed by atoms with E-state index in [1.807, 2.05) is 58.0 Å². The van der Waals surface area contributed by atoms with Gasteiger partial charge in [-0.2, -0.15) is 0 Å². The van der Waals surface area contributed by atoms with E-state index >= 15 is 0 Å². The highest BCUT2D eigenvalue weighted by molar-refractivity contribution is 6.05. The minimum absolute atomic E-state index is 0.107. The van der Waals surface area contributed by atoms with Crippen LogP contribution < -0.4 is 10.6 Å². The van der Waals surface area contributed by atoms with E-state index in [0.29, 0.717) is 5.56 Å². The van der Waals surface area contributed by atoms with Gasteiger partial charge < -0.3 is 10.6 Å². The van der Waals surface area contributed by atoms with Crippen LogP contribution in [0.1, 0.15) is 34.2 Å². The van der Waals surface area contributed by atoms with Crippen molar-refractivity contribution in [3.8, 4) is 0 Å². The molecule has 2 N–H and O–H groups in total. The zero-order valence-electron chi connectivity index (χ0n) is 12.9. The van der Waals surface area contributed by atoms with E-state index in [1.54, 1.807) is 0 Å². The summed E-state index contributed by atoms with van der Waals surface area (Å²) in [4.78, 5) is 16.7. The molecule has 4 nitrogen and oxygen atoms in total. The van der Waals surface area contributed by atoms with Gasteiger partial charge >= 0.3 is 0 Å². The van der Waals surface area contributed by atoms with Crippen LogP contribution in [0.25, 0.3) is 0 Å². The molecule has 0 unspecified atom stereocenters. The van der Waals surface area contributed by atoms with Crippen LogP contribution in [0.4, 0.5) is 11.4 Å². The van der Waals surface area contributed by atoms with Crippen LogP contribution in [-0.4, -0.2) is 17.4 Å². The van der Waals surface area contributed by atoms with E-state index < -0.39 is 0 Å². The predicted molar refractivity (Wildman–Crippen MR) is 87.0 cm³/mol. The van der Waals surface area contributed by atoms with Crippen molar-refractivity contribution in [2.75, 3.05) is 17.2 Å². The van der Waals surface area contributed by atoms with Crippen molar-refractivity contribution in [1.82, 2.24) is 4.98 Å². The van der Waals surface area contributed by atoms with Crippen molar-refractivity contribution in [1.29, 1.82) is 0 Å². The third-order valence-electron chi connectivity index (χ3n) is 3.33. The maximum Gasteiger partial charge on any atom is 0.255 e. The van der Waals surface area contributed by atoms with Crippen LogP contribution in [0.3, 0.4) is 0 Å². The first kappa shape index (κ1) is 15.0. The molecule has 0 aliphatic heterocycles. The molecule has 0 atom stereocenters. The molecule has 1 aromatic carbocycles. The Morgan fingerprint density at radius 3 is 2.52 bits per heavy atom. The number of aromatic nitrogens is 1. The lowest BCUT2D eigenvalue weighted by Crippen LogP contribution is -2.15. The number of rotatable bonds is 4. The first-order valence-corrected chi connectivity index (χ1v) is 7.11. The highest BCUT2D eigenvalue weighted by Gasteiger charge is 2.11. The van der Waals surface area contributed by atoms with Gasteiger partial charge in [-0.1, -0.05) is 0 Å². The van der Waals surface area contributed by atoms with Crippen molar-refractivity contribution >= 4 is 17.3 Å². The maximum atomic E-state index is 12.4. The molecule has 0 saturated heterocycles. The van der Waals surface area contributed by atoms with Gasteiger partial charge in [0.1, 0.15) is 0 Å². The second-order valence-corrected chi connectivity index (χ2v) is 5.10. The van der Waals surface area contributed by atoms with E-state index in [-0.39, 0.29) is 5.91 Å². The minimum Gasteiger partial charge on any atom is -0.385 e. The molecule has 0 radical (unpaired) electrons. The Bertz CT molecular complexity index is 665. The normalized spacial score (nSPS) is 10.3. The predicted octanol–water partition coefficient (Wildman–Crippen LogP) is 3.69. The molecule has 0 saturated carbocycles. The molecule has 21 heavy (non-hydrogen) atoms. The summed E-state index contributed by atoms with van der Waals surface area (Å²) in [6.45, 7) is 8.67. The van der Waals surface area contributed by atoms with Gasteiger partial charge in [0.15, 0.2) is 0 Å². The molecule has 0 spiro atoms. The number of hydrogen-bond donors (Lipinski definition) is 2. The van der Waals surface area contributed by atoms with Gasteiger partial charge in [-0.25, -0.2) is 0 Å². The molecule has 1 amide bonds. The molecule has 0 bridgehead atoms. The number of amides is 1. The molecule has 1 aromatic heterocycles. The third kappa shape index (κ3) is 3.60. The second-order valence-electron chi connectivity index (χ2n) is 5.10. The Hall–Kier alpha value is -2.36. The summed E-state index contributed by atoms with van der Waals surface area (Å²) in [5.74, 6) is -0.107. The summed E-state index contributed by atoms with van der Waals surface area (Å²) in [6, 6.07) is 9.53. The Morgan fingerprint density at radius 2 is 1.90 bits per heavy atom. The largest absolute Gasteiger partial charge is 0.385 e. The zero-order chi connectivity index (χ0) is 15.4. The molecule has 0 aliphatic carbocycles. The lowest BCUT2D eigenvalue weighted by Gasteiger charge is -2.11. The number of nitrogens with zero attached hydrogens (tertiary/aromatic N) is 1. The molecule has 2 rings (SSSR count). The van der Waals surface area contributed by atoms with Crippen LogP contribution in [0.2, 0.25) is 0 Å². The Balaban J connectivity index is 2.20. The SMILES string of the molecule is CCNc1ccc(C(=O)Nc2ccc(C)nc2C)c(C)c1. The summed E-state index contributed by atoms with van der Waals surface area (Å²) in [5.41, 5.74) is 5.17. The third-order valence-corrected chi connectivity index (χ3v) is 3.33. The van der Waals surface area contributed by atoms with Crippen molar-refractivity contribution in [2.45, 2.75) is 27.7 Å². The molecule has 0 fully saturated rings. The molecule has 1 heterocycles. The van der Waals surface area contributed by atoms with Crippen molar-refractivity contribution in [3.63, 3.8) is 0 Å².